The van der Waals surface area contributed by atoms with E-state index in [1.807, 2.05) is 85.5 Å². The highest BCUT2D eigenvalue weighted by molar-refractivity contribution is 5.96. The van der Waals surface area contributed by atoms with Gasteiger partial charge in [0.25, 0.3) is 0 Å². The molecule has 6 rings (SSSR count). The van der Waals surface area contributed by atoms with Crippen molar-refractivity contribution in [2.45, 2.75) is 0 Å². The Hall–Kier alpha value is -4.96. The van der Waals surface area contributed by atoms with Crippen LogP contribution in [0, 0.1) is 0 Å². The predicted octanol–water partition coefficient (Wildman–Crippen LogP) is 7.95. The summed E-state index contributed by atoms with van der Waals surface area (Å²) in [7, 11) is 0. The molecule has 0 aliphatic carbocycles. The minimum Gasteiger partial charge on any atom is -0.255 e. The van der Waals surface area contributed by atoms with E-state index in [1.165, 1.54) is 0 Å². The average molecular weight is 463 g/mol. The number of hydrogen-bond acceptors (Lipinski definition) is 4. The molecule has 0 amide bonds. The van der Waals surface area contributed by atoms with E-state index in [2.05, 4.69) is 63.5 Å². The molecule has 2 aromatic heterocycles. The van der Waals surface area contributed by atoms with Gasteiger partial charge in [0, 0.05) is 40.5 Å². The second-order valence-electron chi connectivity index (χ2n) is 8.47. The molecule has 2 heterocycles. The number of pyridine rings is 2. The lowest BCUT2D eigenvalue weighted by atomic mass is 9.99. The third-order valence-corrected chi connectivity index (χ3v) is 6.10. The van der Waals surface area contributed by atoms with Gasteiger partial charge in [-0.05, 0) is 34.5 Å². The number of hydrogen-bond donors (Lipinski definition) is 0. The molecular formula is C32H22N4. The minimum absolute atomic E-state index is 0.678. The number of rotatable bonds is 5. The zero-order chi connectivity index (χ0) is 24.2. The first-order valence-corrected chi connectivity index (χ1v) is 11.8. The molecule has 0 radical (unpaired) electrons. The Bertz CT molecular complexity index is 1620. The second-order valence-corrected chi connectivity index (χ2v) is 8.47. The van der Waals surface area contributed by atoms with Gasteiger partial charge in [0.1, 0.15) is 0 Å². The van der Waals surface area contributed by atoms with E-state index >= 15 is 0 Å². The Labute approximate surface area is 209 Å². The fourth-order valence-electron chi connectivity index (χ4n) is 4.25. The largest absolute Gasteiger partial charge is 0.255 e. The average Bonchev–Trinajstić information content (AvgIpc) is 2.95. The molecule has 0 N–H and O–H groups in total. The van der Waals surface area contributed by atoms with Crippen LogP contribution in [0.1, 0.15) is 11.3 Å². The summed E-state index contributed by atoms with van der Waals surface area (Å²) in [5.74, 6) is 0.678. The highest BCUT2D eigenvalue weighted by atomic mass is 14.9. The molecule has 0 aliphatic heterocycles. The number of benzene rings is 4. The molecule has 0 unspecified atom stereocenters. The molecule has 4 nitrogen and oxygen atoms in total. The molecule has 4 heteroatoms. The van der Waals surface area contributed by atoms with Crippen molar-refractivity contribution < 1.29 is 0 Å². The zero-order valence-electron chi connectivity index (χ0n) is 19.5. The van der Waals surface area contributed by atoms with Crippen LogP contribution in [0.15, 0.2) is 132 Å². The minimum atomic E-state index is 0.678. The van der Waals surface area contributed by atoms with E-state index in [0.29, 0.717) is 5.82 Å². The Kier molecular flexibility index (Phi) is 5.83. The first kappa shape index (κ1) is 21.6. The lowest BCUT2D eigenvalue weighted by Gasteiger charge is -2.09. The second kappa shape index (κ2) is 9.72. The monoisotopic (exact) mass is 462 g/mol. The van der Waals surface area contributed by atoms with Crippen LogP contribution >= 0.6 is 0 Å². The van der Waals surface area contributed by atoms with Gasteiger partial charge in [-0.2, -0.15) is 0 Å². The molecule has 0 atom stereocenters. The lowest BCUT2D eigenvalue weighted by molar-refractivity contribution is 1.30. The van der Waals surface area contributed by atoms with Gasteiger partial charge in [0.2, 0.25) is 0 Å². The SMILES string of the molecule is C(=Nc1cc2ccccc2cn1)c1ccccc1-c1ccccc1N=Cc1cc2ccccc2cn1. The summed E-state index contributed by atoms with van der Waals surface area (Å²) >= 11 is 0. The molecular weight excluding hydrogens is 440 g/mol. The maximum atomic E-state index is 4.81. The third kappa shape index (κ3) is 4.52. The van der Waals surface area contributed by atoms with Gasteiger partial charge in [-0.15, -0.1) is 0 Å². The number of fused-ring (bicyclic) bond motifs is 2. The Morgan fingerprint density at radius 2 is 1.11 bits per heavy atom. The van der Waals surface area contributed by atoms with E-state index in [1.54, 1.807) is 0 Å². The van der Waals surface area contributed by atoms with Crippen molar-refractivity contribution >= 4 is 45.5 Å². The summed E-state index contributed by atoms with van der Waals surface area (Å²) in [6.45, 7) is 0. The molecule has 0 aliphatic rings. The Balaban J connectivity index is 1.34. The van der Waals surface area contributed by atoms with Crippen LogP contribution in [-0.2, 0) is 0 Å². The number of aliphatic imine (C=N–C) groups is 2. The molecule has 0 fully saturated rings. The van der Waals surface area contributed by atoms with Gasteiger partial charge in [0.05, 0.1) is 17.6 Å². The van der Waals surface area contributed by atoms with Crippen molar-refractivity contribution in [2.75, 3.05) is 0 Å². The highest BCUT2D eigenvalue weighted by Gasteiger charge is 2.08. The smallest absolute Gasteiger partial charge is 0.152 e. The van der Waals surface area contributed by atoms with Crippen LogP contribution in [-0.4, -0.2) is 22.4 Å². The zero-order valence-corrected chi connectivity index (χ0v) is 19.5. The first-order valence-electron chi connectivity index (χ1n) is 11.8. The molecule has 4 aromatic carbocycles. The van der Waals surface area contributed by atoms with Gasteiger partial charge in [-0.25, -0.2) is 9.98 Å². The van der Waals surface area contributed by atoms with Crippen LogP contribution in [0.3, 0.4) is 0 Å². The first-order chi connectivity index (χ1) is 17.8. The van der Waals surface area contributed by atoms with Crippen molar-refractivity contribution in [3.8, 4) is 11.1 Å². The van der Waals surface area contributed by atoms with Crippen molar-refractivity contribution in [2.24, 2.45) is 9.98 Å². The fourth-order valence-corrected chi connectivity index (χ4v) is 4.25. The molecule has 170 valence electrons. The van der Waals surface area contributed by atoms with Crippen LogP contribution in [0.25, 0.3) is 32.7 Å². The van der Waals surface area contributed by atoms with Gasteiger partial charge in [0.15, 0.2) is 5.82 Å². The Morgan fingerprint density at radius 3 is 1.92 bits per heavy atom. The van der Waals surface area contributed by atoms with Crippen LogP contribution < -0.4 is 0 Å². The normalized spacial score (nSPS) is 11.7. The van der Waals surface area contributed by atoms with Gasteiger partial charge in [-0.1, -0.05) is 91.0 Å². The summed E-state index contributed by atoms with van der Waals surface area (Å²) in [5.41, 5.74) is 4.78. The lowest BCUT2D eigenvalue weighted by Crippen LogP contribution is -1.90. The third-order valence-electron chi connectivity index (χ3n) is 6.10. The maximum absolute atomic E-state index is 4.81. The van der Waals surface area contributed by atoms with Gasteiger partial charge in [-0.3, -0.25) is 9.98 Å². The summed E-state index contributed by atoms with van der Waals surface area (Å²) in [4.78, 5) is 18.5. The summed E-state index contributed by atoms with van der Waals surface area (Å²) in [6, 6.07) is 36.8. The molecule has 0 saturated heterocycles. The molecule has 6 aromatic rings. The summed E-state index contributed by atoms with van der Waals surface area (Å²) in [6.07, 6.45) is 7.44. The molecule has 0 spiro atoms. The van der Waals surface area contributed by atoms with Crippen molar-refractivity contribution in [1.82, 2.24) is 9.97 Å². The van der Waals surface area contributed by atoms with E-state index in [-0.39, 0.29) is 0 Å². The summed E-state index contributed by atoms with van der Waals surface area (Å²) < 4.78 is 0. The van der Waals surface area contributed by atoms with Crippen LogP contribution in [0.2, 0.25) is 0 Å². The molecule has 36 heavy (non-hydrogen) atoms. The number of nitrogens with zero attached hydrogens (tertiary/aromatic N) is 4. The van der Waals surface area contributed by atoms with Crippen molar-refractivity contribution in [1.29, 1.82) is 0 Å². The highest BCUT2D eigenvalue weighted by Crippen LogP contribution is 2.32. The summed E-state index contributed by atoms with van der Waals surface area (Å²) in [5, 5.41) is 4.48. The fraction of sp³-hybridized carbons (Fsp3) is 0. The molecule has 0 saturated carbocycles. The Morgan fingerprint density at radius 1 is 0.500 bits per heavy atom. The van der Waals surface area contributed by atoms with Gasteiger partial charge < -0.3 is 0 Å². The number of aromatic nitrogens is 2. The quantitative estimate of drug-likeness (QED) is 0.244. The van der Waals surface area contributed by atoms with Gasteiger partial charge >= 0.3 is 0 Å². The number of para-hydroxylation sites is 1. The molecule has 0 bridgehead atoms. The van der Waals surface area contributed by atoms with Crippen LogP contribution in [0.5, 0.6) is 0 Å². The van der Waals surface area contributed by atoms with E-state index in [9.17, 15) is 0 Å². The van der Waals surface area contributed by atoms with Crippen molar-refractivity contribution in [3.63, 3.8) is 0 Å². The van der Waals surface area contributed by atoms with E-state index in [4.69, 9.17) is 4.99 Å². The topological polar surface area (TPSA) is 50.5 Å². The maximum Gasteiger partial charge on any atom is 0.152 e. The van der Waals surface area contributed by atoms with Crippen LogP contribution in [0.4, 0.5) is 11.5 Å². The predicted molar refractivity (Wildman–Crippen MR) is 150 cm³/mol. The van der Waals surface area contributed by atoms with E-state index < -0.39 is 0 Å². The standard InChI is InChI=1S/C32H22N4/c1-3-11-25-19-33-28(17-23(25)9-1)22-34-31-16-8-7-15-30(31)29-14-6-5-13-27(29)21-36-32-18-24-10-2-4-12-26(24)20-35-32/h1-22H. The van der Waals surface area contributed by atoms with Crippen molar-refractivity contribution in [3.05, 3.63) is 133 Å². The van der Waals surface area contributed by atoms with E-state index in [0.717, 1.165) is 49.6 Å².